The van der Waals surface area contributed by atoms with Gasteiger partial charge in [0.15, 0.2) is 0 Å². The molecule has 29 heavy (non-hydrogen) atoms. The van der Waals surface area contributed by atoms with E-state index in [9.17, 15) is 14.3 Å². The van der Waals surface area contributed by atoms with Gasteiger partial charge in [0.25, 0.3) is 5.56 Å². The largest absolute Gasteiger partial charge is 0.491 e. The molecule has 2 aromatic heterocycles. The maximum atomic E-state index is 12.9. The molecule has 0 saturated carbocycles. The Morgan fingerprint density at radius 1 is 1.17 bits per heavy atom. The number of thiophene rings is 1. The van der Waals surface area contributed by atoms with Gasteiger partial charge in [-0.1, -0.05) is 28.1 Å². The third-order valence-corrected chi connectivity index (χ3v) is 5.99. The van der Waals surface area contributed by atoms with Crippen LogP contribution in [0.2, 0.25) is 0 Å². The highest BCUT2D eigenvalue weighted by Gasteiger charge is 2.13. The highest BCUT2D eigenvalue weighted by molar-refractivity contribution is 9.10. The van der Waals surface area contributed by atoms with Crippen LogP contribution in [0.25, 0.3) is 20.7 Å². The van der Waals surface area contributed by atoms with E-state index in [1.165, 1.54) is 46.5 Å². The van der Waals surface area contributed by atoms with Crippen LogP contribution in [-0.2, 0) is 6.54 Å². The van der Waals surface area contributed by atoms with Crippen LogP contribution in [0.15, 0.2) is 70.2 Å². The van der Waals surface area contributed by atoms with Crippen molar-refractivity contribution in [3.8, 4) is 16.2 Å². The lowest BCUT2D eigenvalue weighted by molar-refractivity contribution is 0.0914. The molecule has 0 spiro atoms. The van der Waals surface area contributed by atoms with E-state index < -0.39 is 6.10 Å². The van der Waals surface area contributed by atoms with Crippen molar-refractivity contribution in [2.75, 3.05) is 6.61 Å². The predicted octanol–water partition coefficient (Wildman–Crippen LogP) is 4.47. The fraction of sp³-hybridized carbons (Fsp3) is 0.143. The number of rotatable bonds is 6. The fourth-order valence-corrected chi connectivity index (χ4v) is 4.16. The van der Waals surface area contributed by atoms with Crippen LogP contribution < -0.4 is 10.3 Å². The summed E-state index contributed by atoms with van der Waals surface area (Å²) in [6, 6.07) is 15.3. The molecule has 1 atom stereocenters. The third kappa shape index (κ3) is 4.55. The highest BCUT2D eigenvalue weighted by Crippen LogP contribution is 2.31. The average molecular weight is 475 g/mol. The molecule has 0 radical (unpaired) electrons. The maximum absolute atomic E-state index is 12.9. The van der Waals surface area contributed by atoms with Gasteiger partial charge in [0.1, 0.15) is 29.0 Å². The molecule has 1 unspecified atom stereocenters. The monoisotopic (exact) mass is 474 g/mol. The molecule has 2 aromatic carbocycles. The summed E-state index contributed by atoms with van der Waals surface area (Å²) in [6.07, 6.45) is 0.520. The van der Waals surface area contributed by atoms with Gasteiger partial charge in [0.05, 0.1) is 18.4 Å². The van der Waals surface area contributed by atoms with Crippen LogP contribution in [0.4, 0.5) is 4.39 Å². The molecule has 0 saturated heterocycles. The molecule has 8 heteroatoms. The second-order valence-corrected chi connectivity index (χ2v) is 8.42. The Kier molecular flexibility index (Phi) is 5.75. The highest BCUT2D eigenvalue weighted by atomic mass is 79.9. The molecule has 4 rings (SSSR count). The number of aliphatic hydroxyl groups excluding tert-OH is 1. The zero-order valence-corrected chi connectivity index (χ0v) is 17.5. The zero-order valence-electron chi connectivity index (χ0n) is 15.1. The SMILES string of the molecule is O=c1c2sc(-c3ccc(Br)cc3)cc2ncn1CC(O)COc1ccc(F)cc1. The van der Waals surface area contributed by atoms with Crippen molar-refractivity contribution in [3.63, 3.8) is 0 Å². The van der Waals surface area contributed by atoms with Crippen LogP contribution in [-0.4, -0.2) is 27.4 Å². The quantitative estimate of drug-likeness (QED) is 0.447. The first-order chi connectivity index (χ1) is 14.0. The van der Waals surface area contributed by atoms with Crippen molar-refractivity contribution >= 4 is 37.5 Å². The topological polar surface area (TPSA) is 64.4 Å². The third-order valence-electron chi connectivity index (χ3n) is 4.30. The minimum absolute atomic E-state index is 0.0231. The maximum Gasteiger partial charge on any atom is 0.271 e. The Labute approximate surface area is 178 Å². The smallest absolute Gasteiger partial charge is 0.271 e. The average Bonchev–Trinajstić information content (AvgIpc) is 3.15. The van der Waals surface area contributed by atoms with E-state index in [-0.39, 0.29) is 24.5 Å². The van der Waals surface area contributed by atoms with E-state index in [1.807, 2.05) is 30.3 Å². The minimum atomic E-state index is -0.914. The normalized spacial score (nSPS) is 12.2. The predicted molar refractivity (Wildman–Crippen MR) is 115 cm³/mol. The van der Waals surface area contributed by atoms with Gasteiger partial charge in [-0.2, -0.15) is 0 Å². The second kappa shape index (κ2) is 8.44. The van der Waals surface area contributed by atoms with E-state index in [4.69, 9.17) is 4.74 Å². The Bertz CT molecular complexity index is 1190. The molecule has 148 valence electrons. The number of aromatic nitrogens is 2. The van der Waals surface area contributed by atoms with E-state index in [2.05, 4.69) is 20.9 Å². The molecule has 5 nitrogen and oxygen atoms in total. The molecular weight excluding hydrogens is 459 g/mol. The van der Waals surface area contributed by atoms with Gasteiger partial charge >= 0.3 is 0 Å². The number of hydrogen-bond donors (Lipinski definition) is 1. The van der Waals surface area contributed by atoms with Crippen LogP contribution in [0.1, 0.15) is 0 Å². The first-order valence-electron chi connectivity index (χ1n) is 8.81. The van der Waals surface area contributed by atoms with E-state index in [1.54, 1.807) is 0 Å². The summed E-state index contributed by atoms with van der Waals surface area (Å²) >= 11 is 4.79. The number of halogens is 2. The molecule has 2 heterocycles. The summed E-state index contributed by atoms with van der Waals surface area (Å²) in [7, 11) is 0. The number of ether oxygens (including phenoxy) is 1. The Balaban J connectivity index is 1.50. The molecule has 4 aromatic rings. The molecule has 1 N–H and O–H groups in total. The van der Waals surface area contributed by atoms with Gasteiger partial charge in [-0.3, -0.25) is 9.36 Å². The number of aliphatic hydroxyl groups is 1. The van der Waals surface area contributed by atoms with E-state index in [0.717, 1.165) is 14.9 Å². The van der Waals surface area contributed by atoms with Crippen molar-refractivity contribution in [2.24, 2.45) is 0 Å². The summed E-state index contributed by atoms with van der Waals surface area (Å²) in [4.78, 5) is 18.1. The molecule has 0 bridgehead atoms. The Hall–Kier alpha value is -2.55. The minimum Gasteiger partial charge on any atom is -0.491 e. The summed E-state index contributed by atoms with van der Waals surface area (Å²) in [6.45, 7) is 0.0270. The number of fused-ring (bicyclic) bond motifs is 1. The van der Waals surface area contributed by atoms with Gasteiger partial charge in [0, 0.05) is 9.35 Å². The van der Waals surface area contributed by atoms with Crippen LogP contribution in [0, 0.1) is 5.82 Å². The first-order valence-corrected chi connectivity index (χ1v) is 10.4. The van der Waals surface area contributed by atoms with Gasteiger partial charge in [-0.05, 0) is 48.0 Å². The number of nitrogens with zero attached hydrogens (tertiary/aromatic N) is 2. The van der Waals surface area contributed by atoms with Gasteiger partial charge in [-0.15, -0.1) is 11.3 Å². The van der Waals surface area contributed by atoms with Crippen molar-refractivity contribution in [2.45, 2.75) is 12.6 Å². The Morgan fingerprint density at radius 3 is 2.62 bits per heavy atom. The molecule has 0 aliphatic carbocycles. The lowest BCUT2D eigenvalue weighted by Gasteiger charge is -2.13. The second-order valence-electron chi connectivity index (χ2n) is 6.45. The summed E-state index contributed by atoms with van der Waals surface area (Å²) in [5, 5.41) is 10.2. The number of benzene rings is 2. The van der Waals surface area contributed by atoms with Crippen LogP contribution >= 0.6 is 27.3 Å². The standard InChI is InChI=1S/C21H16BrFN2O3S/c22-14-3-1-13(2-4-14)19-9-18-20(29-19)21(27)25(12-24-18)10-16(26)11-28-17-7-5-15(23)6-8-17/h1-9,12,16,26H,10-11H2. The van der Waals surface area contributed by atoms with E-state index >= 15 is 0 Å². The van der Waals surface area contributed by atoms with Crippen molar-refractivity contribution < 1.29 is 14.2 Å². The van der Waals surface area contributed by atoms with Crippen molar-refractivity contribution in [3.05, 3.63) is 81.6 Å². The first kappa shape index (κ1) is 19.8. The zero-order chi connectivity index (χ0) is 20.4. The summed E-state index contributed by atoms with van der Waals surface area (Å²) < 4.78 is 21.3. The van der Waals surface area contributed by atoms with Crippen molar-refractivity contribution in [1.82, 2.24) is 9.55 Å². The molecule has 0 aliphatic heterocycles. The summed E-state index contributed by atoms with van der Waals surface area (Å²) in [5.41, 5.74) is 1.44. The van der Waals surface area contributed by atoms with E-state index in [0.29, 0.717) is 16.0 Å². The van der Waals surface area contributed by atoms with Gasteiger partial charge < -0.3 is 9.84 Å². The van der Waals surface area contributed by atoms with Crippen LogP contribution in [0.3, 0.4) is 0 Å². The van der Waals surface area contributed by atoms with Crippen LogP contribution in [0.5, 0.6) is 5.75 Å². The molecule has 0 aliphatic rings. The van der Waals surface area contributed by atoms with Crippen molar-refractivity contribution in [1.29, 1.82) is 0 Å². The molecular formula is C21H16BrFN2O3S. The number of hydrogen-bond acceptors (Lipinski definition) is 5. The van der Waals surface area contributed by atoms with Gasteiger partial charge in [-0.25, -0.2) is 9.37 Å². The molecule has 0 amide bonds. The lowest BCUT2D eigenvalue weighted by atomic mass is 10.2. The lowest BCUT2D eigenvalue weighted by Crippen LogP contribution is -2.30. The van der Waals surface area contributed by atoms with Gasteiger partial charge in [0.2, 0.25) is 0 Å². The summed E-state index contributed by atoms with van der Waals surface area (Å²) in [5.74, 6) is 0.0889. The Morgan fingerprint density at radius 2 is 1.90 bits per heavy atom. The molecule has 0 fully saturated rings. The fourth-order valence-electron chi connectivity index (χ4n) is 2.83.